The van der Waals surface area contributed by atoms with Gasteiger partial charge >= 0.3 is 6.03 Å². The number of H-pyrrole nitrogens is 1. The summed E-state index contributed by atoms with van der Waals surface area (Å²) in [6, 6.07) is 24.4. The van der Waals surface area contributed by atoms with Crippen LogP contribution >= 0.6 is 0 Å². The molecule has 6 heteroatoms. The number of anilines is 1. The Bertz CT molecular complexity index is 1030. The maximum atomic E-state index is 12.1. The maximum Gasteiger partial charge on any atom is 0.319 e. The molecule has 0 spiro atoms. The molecule has 3 aromatic carbocycles. The van der Waals surface area contributed by atoms with E-state index in [1.165, 1.54) is 0 Å². The molecule has 1 aromatic heterocycles. The molecule has 0 bridgehead atoms. The van der Waals surface area contributed by atoms with Crippen LogP contribution in [-0.4, -0.2) is 22.5 Å². The molecule has 4 rings (SSSR count). The monoisotopic (exact) mass is 372 g/mol. The largest absolute Gasteiger partial charge is 0.457 e. The van der Waals surface area contributed by atoms with Crippen molar-refractivity contribution in [3.63, 3.8) is 0 Å². The van der Waals surface area contributed by atoms with Gasteiger partial charge in [0.2, 0.25) is 0 Å². The molecule has 0 aliphatic rings. The van der Waals surface area contributed by atoms with Crippen LogP contribution < -0.4 is 15.4 Å². The number of aromatic nitrogens is 2. The minimum atomic E-state index is -0.257. The van der Waals surface area contributed by atoms with Crippen LogP contribution in [0.4, 0.5) is 10.5 Å². The summed E-state index contributed by atoms with van der Waals surface area (Å²) in [5, 5.41) is 5.65. The van der Waals surface area contributed by atoms with E-state index in [4.69, 9.17) is 4.74 Å². The minimum Gasteiger partial charge on any atom is -0.457 e. The normalized spacial score (nSPS) is 10.6. The average molecular weight is 372 g/mol. The number of carbonyl (C=O) groups is 1. The number of amides is 2. The van der Waals surface area contributed by atoms with Gasteiger partial charge in [-0.15, -0.1) is 0 Å². The van der Waals surface area contributed by atoms with Crippen molar-refractivity contribution in [1.82, 2.24) is 15.3 Å². The van der Waals surface area contributed by atoms with Gasteiger partial charge in [-0.25, -0.2) is 9.78 Å². The zero-order valence-electron chi connectivity index (χ0n) is 15.2. The molecule has 0 radical (unpaired) electrons. The van der Waals surface area contributed by atoms with E-state index in [1.54, 1.807) is 12.1 Å². The van der Waals surface area contributed by atoms with E-state index in [0.29, 0.717) is 24.4 Å². The lowest BCUT2D eigenvalue weighted by atomic mass is 10.3. The molecular weight excluding hydrogens is 352 g/mol. The first-order valence-corrected chi connectivity index (χ1v) is 9.08. The number of imidazole rings is 1. The van der Waals surface area contributed by atoms with E-state index in [9.17, 15) is 4.79 Å². The highest BCUT2D eigenvalue weighted by molar-refractivity contribution is 5.89. The molecule has 0 aliphatic carbocycles. The smallest absolute Gasteiger partial charge is 0.319 e. The molecule has 28 heavy (non-hydrogen) atoms. The molecule has 6 nitrogen and oxygen atoms in total. The van der Waals surface area contributed by atoms with Gasteiger partial charge in [-0.1, -0.05) is 30.3 Å². The number of urea groups is 1. The Labute approximate surface area is 162 Å². The zero-order chi connectivity index (χ0) is 19.2. The third-order valence-corrected chi connectivity index (χ3v) is 4.18. The van der Waals surface area contributed by atoms with Crippen LogP contribution in [0.1, 0.15) is 5.82 Å². The molecular formula is C22H20N4O2. The first kappa shape index (κ1) is 17.6. The van der Waals surface area contributed by atoms with Gasteiger partial charge < -0.3 is 20.4 Å². The summed E-state index contributed by atoms with van der Waals surface area (Å²) >= 11 is 0. The molecule has 0 saturated carbocycles. The van der Waals surface area contributed by atoms with E-state index < -0.39 is 0 Å². The maximum absolute atomic E-state index is 12.1. The lowest BCUT2D eigenvalue weighted by Gasteiger charge is -2.09. The number of aromatic amines is 1. The SMILES string of the molecule is O=C(NCCc1nc2ccccc2[nH]1)Nc1ccc(Oc2ccccc2)cc1. The van der Waals surface area contributed by atoms with E-state index in [1.807, 2.05) is 66.7 Å². The second kappa shape index (κ2) is 8.26. The van der Waals surface area contributed by atoms with Gasteiger partial charge in [-0.3, -0.25) is 0 Å². The number of ether oxygens (including phenoxy) is 1. The fourth-order valence-corrected chi connectivity index (χ4v) is 2.82. The number of rotatable bonds is 6. The Morgan fingerprint density at radius 2 is 1.61 bits per heavy atom. The van der Waals surface area contributed by atoms with E-state index in [-0.39, 0.29) is 6.03 Å². The van der Waals surface area contributed by atoms with Crippen molar-refractivity contribution in [3.8, 4) is 11.5 Å². The topological polar surface area (TPSA) is 79.0 Å². The van der Waals surface area contributed by atoms with Crippen LogP contribution in [0.15, 0.2) is 78.9 Å². The third-order valence-electron chi connectivity index (χ3n) is 4.18. The van der Waals surface area contributed by atoms with Gasteiger partial charge in [-0.05, 0) is 48.5 Å². The molecule has 4 aromatic rings. The number of hydrogen-bond donors (Lipinski definition) is 3. The van der Waals surface area contributed by atoms with Crippen LogP contribution in [0.3, 0.4) is 0 Å². The molecule has 0 atom stereocenters. The minimum absolute atomic E-state index is 0.257. The molecule has 2 amide bonds. The van der Waals surface area contributed by atoms with Crippen LogP contribution in [-0.2, 0) is 6.42 Å². The summed E-state index contributed by atoms with van der Waals surface area (Å²) < 4.78 is 5.74. The van der Waals surface area contributed by atoms with Gasteiger partial charge in [0.15, 0.2) is 0 Å². The van der Waals surface area contributed by atoms with Crippen LogP contribution in [0.25, 0.3) is 11.0 Å². The standard InChI is InChI=1S/C22H20N4O2/c27-22(23-15-14-21-25-19-8-4-5-9-20(19)26-21)24-16-10-12-18(13-11-16)28-17-6-2-1-3-7-17/h1-13H,14-15H2,(H,25,26)(H2,23,24,27). The van der Waals surface area contributed by atoms with Crippen LogP contribution in [0.5, 0.6) is 11.5 Å². The average Bonchev–Trinajstić information content (AvgIpc) is 3.13. The van der Waals surface area contributed by atoms with Crippen molar-refractivity contribution in [3.05, 3.63) is 84.7 Å². The first-order valence-electron chi connectivity index (χ1n) is 9.08. The van der Waals surface area contributed by atoms with Crippen molar-refractivity contribution in [2.24, 2.45) is 0 Å². The van der Waals surface area contributed by atoms with Gasteiger partial charge in [-0.2, -0.15) is 0 Å². The van der Waals surface area contributed by atoms with E-state index >= 15 is 0 Å². The lowest BCUT2D eigenvalue weighted by Crippen LogP contribution is -2.30. The highest BCUT2D eigenvalue weighted by Gasteiger charge is 2.05. The summed E-state index contributed by atoms with van der Waals surface area (Å²) in [5.74, 6) is 2.33. The lowest BCUT2D eigenvalue weighted by molar-refractivity contribution is 0.252. The summed E-state index contributed by atoms with van der Waals surface area (Å²) in [6.07, 6.45) is 0.631. The highest BCUT2D eigenvalue weighted by atomic mass is 16.5. The summed E-state index contributed by atoms with van der Waals surface area (Å²) in [5.41, 5.74) is 2.63. The second-order valence-corrected chi connectivity index (χ2v) is 6.27. The van der Waals surface area contributed by atoms with Crippen molar-refractivity contribution in [2.45, 2.75) is 6.42 Å². The van der Waals surface area contributed by atoms with E-state index in [2.05, 4.69) is 20.6 Å². The van der Waals surface area contributed by atoms with Crippen LogP contribution in [0.2, 0.25) is 0 Å². The van der Waals surface area contributed by atoms with Crippen molar-refractivity contribution in [1.29, 1.82) is 0 Å². The molecule has 3 N–H and O–H groups in total. The molecule has 1 heterocycles. The number of nitrogens with zero attached hydrogens (tertiary/aromatic N) is 1. The number of benzene rings is 3. The Morgan fingerprint density at radius 1 is 0.893 bits per heavy atom. The van der Waals surface area contributed by atoms with Gasteiger partial charge in [0.25, 0.3) is 0 Å². The predicted molar refractivity (Wildman–Crippen MR) is 110 cm³/mol. The van der Waals surface area contributed by atoms with Gasteiger partial charge in [0, 0.05) is 18.7 Å². The Balaban J connectivity index is 1.25. The number of para-hydroxylation sites is 3. The molecule has 0 unspecified atom stereocenters. The number of nitrogens with one attached hydrogen (secondary N) is 3. The number of carbonyl (C=O) groups excluding carboxylic acids is 1. The molecule has 140 valence electrons. The fourth-order valence-electron chi connectivity index (χ4n) is 2.82. The molecule has 0 fully saturated rings. The molecule has 0 saturated heterocycles. The number of fused-ring (bicyclic) bond motifs is 1. The quantitative estimate of drug-likeness (QED) is 0.458. The summed E-state index contributed by atoms with van der Waals surface area (Å²) in [6.45, 7) is 0.487. The van der Waals surface area contributed by atoms with Crippen molar-refractivity contribution < 1.29 is 9.53 Å². The Morgan fingerprint density at radius 3 is 2.39 bits per heavy atom. The fraction of sp³-hybridized carbons (Fsp3) is 0.0909. The van der Waals surface area contributed by atoms with Gasteiger partial charge in [0.1, 0.15) is 17.3 Å². The Kier molecular flexibility index (Phi) is 5.20. The zero-order valence-corrected chi connectivity index (χ0v) is 15.2. The Hall–Kier alpha value is -3.80. The van der Waals surface area contributed by atoms with Crippen molar-refractivity contribution >= 4 is 22.8 Å². The summed E-state index contributed by atoms with van der Waals surface area (Å²) in [7, 11) is 0. The van der Waals surface area contributed by atoms with Crippen LogP contribution in [0, 0.1) is 0 Å². The number of hydrogen-bond acceptors (Lipinski definition) is 3. The summed E-state index contributed by atoms with van der Waals surface area (Å²) in [4.78, 5) is 19.8. The first-order chi connectivity index (χ1) is 13.8. The molecule has 0 aliphatic heterocycles. The van der Waals surface area contributed by atoms with E-state index in [0.717, 1.165) is 22.6 Å². The predicted octanol–water partition coefficient (Wildman–Crippen LogP) is 4.72. The van der Waals surface area contributed by atoms with Gasteiger partial charge in [0.05, 0.1) is 11.0 Å². The second-order valence-electron chi connectivity index (χ2n) is 6.27. The third kappa shape index (κ3) is 4.48. The van der Waals surface area contributed by atoms with Crippen molar-refractivity contribution in [2.75, 3.05) is 11.9 Å². The highest BCUT2D eigenvalue weighted by Crippen LogP contribution is 2.22.